The van der Waals surface area contributed by atoms with Gasteiger partial charge < -0.3 is 0 Å². The molecule has 3 aromatic heterocycles. The number of hydrogen-bond acceptors (Lipinski definition) is 6. The van der Waals surface area contributed by atoms with Gasteiger partial charge in [-0.2, -0.15) is 0 Å². The van der Waals surface area contributed by atoms with Crippen molar-refractivity contribution in [3.05, 3.63) is 82.2 Å². The SMILES string of the molecule is CC(C)(C)c1ccnc2c1C=CC2.CC(C)(C)c1ncnc2c1C=CC2.CC(C)(C)c1ncnc2c1N=CC2. The normalized spacial score (nSPS) is 14.7. The van der Waals surface area contributed by atoms with Crippen LogP contribution in [0.5, 0.6) is 0 Å². The fourth-order valence-corrected chi connectivity index (χ4v) is 4.94. The van der Waals surface area contributed by atoms with Crippen molar-refractivity contribution < 1.29 is 0 Å². The summed E-state index contributed by atoms with van der Waals surface area (Å²) >= 11 is 0. The molecule has 0 amide bonds. The molecule has 4 heterocycles. The molecule has 3 aliphatic rings. The lowest BCUT2D eigenvalue weighted by Crippen LogP contribution is -2.16. The summed E-state index contributed by atoms with van der Waals surface area (Å²) in [6.45, 7) is 19.7. The second-order valence-electron chi connectivity index (χ2n) is 13.3. The van der Waals surface area contributed by atoms with E-state index in [9.17, 15) is 0 Å². The van der Waals surface area contributed by atoms with E-state index < -0.39 is 0 Å². The first-order valence-electron chi connectivity index (χ1n) is 13.8. The van der Waals surface area contributed by atoms with Crippen molar-refractivity contribution in [2.24, 2.45) is 4.99 Å². The molecular weight excluding hydrogens is 480 g/mol. The van der Waals surface area contributed by atoms with Crippen LogP contribution < -0.4 is 0 Å². The molecule has 0 bridgehead atoms. The Morgan fingerprint density at radius 3 is 1.74 bits per heavy atom. The first kappa shape index (κ1) is 28.5. The van der Waals surface area contributed by atoms with Gasteiger partial charge in [-0.1, -0.05) is 86.6 Å². The molecule has 1 aliphatic heterocycles. The minimum absolute atomic E-state index is 0.0503. The zero-order valence-electron chi connectivity index (χ0n) is 25.0. The highest BCUT2D eigenvalue weighted by atomic mass is 14.9. The number of allylic oxidation sites excluding steroid dienone is 2. The van der Waals surface area contributed by atoms with Gasteiger partial charge in [-0.3, -0.25) is 9.98 Å². The predicted octanol–water partition coefficient (Wildman–Crippen LogP) is 7.32. The topological polar surface area (TPSA) is 76.8 Å². The molecule has 0 N–H and O–H groups in total. The van der Waals surface area contributed by atoms with Crippen LogP contribution in [0, 0.1) is 0 Å². The van der Waals surface area contributed by atoms with E-state index in [2.05, 4.69) is 123 Å². The van der Waals surface area contributed by atoms with Crippen LogP contribution >= 0.6 is 0 Å². The second-order valence-corrected chi connectivity index (χ2v) is 13.3. The Hall–Kier alpha value is -3.54. The summed E-state index contributed by atoms with van der Waals surface area (Å²) in [6.07, 6.45) is 18.6. The van der Waals surface area contributed by atoms with Gasteiger partial charge in [0.25, 0.3) is 0 Å². The molecule has 0 radical (unpaired) electrons. The van der Waals surface area contributed by atoms with Gasteiger partial charge in [0.15, 0.2) is 0 Å². The van der Waals surface area contributed by atoms with Crippen molar-refractivity contribution >= 4 is 24.1 Å². The molecule has 0 spiro atoms. The Bertz CT molecular complexity index is 1250. The minimum Gasteiger partial charge on any atom is -0.260 e. The lowest BCUT2D eigenvalue weighted by molar-refractivity contribution is 0.564. The molecule has 0 atom stereocenters. The summed E-state index contributed by atoms with van der Waals surface area (Å²) in [7, 11) is 0. The molecule has 3 aromatic rings. The maximum absolute atomic E-state index is 4.37. The van der Waals surface area contributed by atoms with E-state index >= 15 is 0 Å². The third-order valence-corrected chi connectivity index (χ3v) is 6.86. The lowest BCUT2D eigenvalue weighted by Gasteiger charge is -2.21. The smallest absolute Gasteiger partial charge is 0.116 e. The van der Waals surface area contributed by atoms with Crippen molar-refractivity contribution in [1.29, 1.82) is 0 Å². The van der Waals surface area contributed by atoms with Crippen molar-refractivity contribution in [1.82, 2.24) is 24.9 Å². The van der Waals surface area contributed by atoms with Gasteiger partial charge in [0, 0.05) is 48.1 Å². The summed E-state index contributed by atoms with van der Waals surface area (Å²) in [5, 5.41) is 0. The summed E-state index contributed by atoms with van der Waals surface area (Å²) in [5.74, 6) is 0. The summed E-state index contributed by atoms with van der Waals surface area (Å²) in [4.78, 5) is 25.8. The van der Waals surface area contributed by atoms with Crippen molar-refractivity contribution in [3.8, 4) is 0 Å². The Balaban J connectivity index is 0.000000136. The number of nitrogens with zero attached hydrogens (tertiary/aromatic N) is 6. The minimum atomic E-state index is 0.0503. The zero-order valence-corrected chi connectivity index (χ0v) is 25.0. The van der Waals surface area contributed by atoms with Gasteiger partial charge in [0.05, 0.1) is 28.5 Å². The van der Waals surface area contributed by atoms with Crippen LogP contribution in [0.4, 0.5) is 5.69 Å². The Kier molecular flexibility index (Phi) is 7.97. The van der Waals surface area contributed by atoms with E-state index in [1.807, 2.05) is 12.4 Å². The summed E-state index contributed by atoms with van der Waals surface area (Å²) in [6, 6.07) is 2.13. The highest BCUT2D eigenvalue weighted by Crippen LogP contribution is 2.34. The first-order valence-corrected chi connectivity index (χ1v) is 13.8. The first-order chi connectivity index (χ1) is 18.3. The molecule has 0 saturated carbocycles. The maximum Gasteiger partial charge on any atom is 0.116 e. The Labute approximate surface area is 233 Å². The van der Waals surface area contributed by atoms with Gasteiger partial charge in [-0.15, -0.1) is 0 Å². The lowest BCUT2D eigenvalue weighted by atomic mass is 9.84. The van der Waals surface area contributed by atoms with E-state index in [0.29, 0.717) is 0 Å². The number of fused-ring (bicyclic) bond motifs is 3. The van der Waals surface area contributed by atoms with Crippen LogP contribution in [-0.2, 0) is 35.5 Å². The van der Waals surface area contributed by atoms with E-state index in [1.54, 1.807) is 12.7 Å². The molecule has 2 aliphatic carbocycles. The van der Waals surface area contributed by atoms with Crippen LogP contribution in [0.2, 0.25) is 0 Å². The van der Waals surface area contributed by atoms with Crippen molar-refractivity contribution in [2.75, 3.05) is 0 Å². The fourth-order valence-electron chi connectivity index (χ4n) is 4.94. The second kappa shape index (κ2) is 10.9. The van der Waals surface area contributed by atoms with Crippen LogP contribution in [0.1, 0.15) is 107 Å². The molecule has 6 nitrogen and oxygen atoms in total. The van der Waals surface area contributed by atoms with Crippen LogP contribution in [0.15, 0.2) is 42.1 Å². The third kappa shape index (κ3) is 6.55. The Morgan fingerprint density at radius 1 is 0.564 bits per heavy atom. The number of pyridine rings is 1. The zero-order chi connectivity index (χ0) is 28.4. The molecule has 0 fully saturated rings. The van der Waals surface area contributed by atoms with Crippen molar-refractivity contribution in [2.45, 2.75) is 97.8 Å². The number of aliphatic imine (C=N–C) groups is 1. The molecule has 0 unspecified atom stereocenters. The molecule has 204 valence electrons. The molecule has 0 saturated heterocycles. The average molecular weight is 523 g/mol. The quantitative estimate of drug-likeness (QED) is 0.309. The van der Waals surface area contributed by atoms with E-state index in [-0.39, 0.29) is 16.2 Å². The predicted molar refractivity (Wildman–Crippen MR) is 162 cm³/mol. The van der Waals surface area contributed by atoms with Gasteiger partial charge in [0.1, 0.15) is 18.3 Å². The number of hydrogen-bond donors (Lipinski definition) is 0. The summed E-state index contributed by atoms with van der Waals surface area (Å²) in [5.41, 5.74) is 11.0. The van der Waals surface area contributed by atoms with E-state index in [0.717, 1.165) is 42.0 Å². The third-order valence-electron chi connectivity index (χ3n) is 6.86. The summed E-state index contributed by atoms with van der Waals surface area (Å²) < 4.78 is 0. The van der Waals surface area contributed by atoms with Crippen molar-refractivity contribution in [3.63, 3.8) is 0 Å². The molecule has 39 heavy (non-hydrogen) atoms. The van der Waals surface area contributed by atoms with Gasteiger partial charge in [-0.25, -0.2) is 19.9 Å². The highest BCUT2D eigenvalue weighted by molar-refractivity contribution is 5.75. The van der Waals surface area contributed by atoms with Crippen LogP contribution in [-0.4, -0.2) is 31.1 Å². The van der Waals surface area contributed by atoms with Crippen LogP contribution in [0.3, 0.4) is 0 Å². The van der Waals surface area contributed by atoms with E-state index in [1.165, 1.54) is 28.1 Å². The number of aromatic nitrogens is 5. The molecule has 6 heteroatoms. The fraction of sp³-hybridized carbons (Fsp3) is 0.455. The van der Waals surface area contributed by atoms with Gasteiger partial charge in [0.2, 0.25) is 0 Å². The van der Waals surface area contributed by atoms with E-state index in [4.69, 9.17) is 0 Å². The Morgan fingerprint density at radius 2 is 1.13 bits per heavy atom. The monoisotopic (exact) mass is 522 g/mol. The largest absolute Gasteiger partial charge is 0.260 e. The molecular formula is C33H42N6. The standard InChI is InChI=1S/C12H15N.C11H14N2.C10H13N3/c1-12(2,3)10-7-8-13-11-6-4-5-9(10)11;1-11(2,3)10-8-5-4-6-9(8)12-7-13-10;1-10(2,3)9-8-7(4-5-11-8)12-6-13-9/h4-5,7-8H,6H2,1-3H3;4-5,7H,6H2,1-3H3;5-6H,4H2,1-3H3. The number of rotatable bonds is 0. The molecule has 6 rings (SSSR count). The molecule has 0 aromatic carbocycles. The maximum atomic E-state index is 4.37. The highest BCUT2D eigenvalue weighted by Gasteiger charge is 2.24. The van der Waals surface area contributed by atoms with Gasteiger partial charge in [-0.05, 0) is 22.6 Å². The average Bonchev–Trinajstić information content (AvgIpc) is 3.62. The van der Waals surface area contributed by atoms with Crippen LogP contribution in [0.25, 0.3) is 12.2 Å². The van der Waals surface area contributed by atoms with Gasteiger partial charge >= 0.3 is 0 Å².